The molecule has 7 unspecified atom stereocenters. The highest BCUT2D eigenvalue weighted by Crippen LogP contribution is 2.23. The maximum absolute atomic E-state index is 13.1. The summed E-state index contributed by atoms with van der Waals surface area (Å²) in [5, 5.41) is 54.4. The van der Waals surface area contributed by atoms with Crippen molar-refractivity contribution in [1.29, 1.82) is 0 Å². The Kier molecular flexibility index (Phi) is 51.3. The van der Waals surface area contributed by atoms with Crippen LogP contribution in [0.4, 0.5) is 0 Å². The third-order valence-electron chi connectivity index (χ3n) is 14.8. The van der Waals surface area contributed by atoms with Gasteiger partial charge in [-0.05, 0) is 70.6 Å². The van der Waals surface area contributed by atoms with Gasteiger partial charge < -0.3 is 40.3 Å². The van der Waals surface area contributed by atoms with Gasteiger partial charge in [0.2, 0.25) is 5.91 Å². The fourth-order valence-corrected chi connectivity index (χ4v) is 9.83. The minimum Gasteiger partial charge on any atom is -0.394 e. The summed E-state index contributed by atoms with van der Waals surface area (Å²) in [7, 11) is 0. The Labute approximate surface area is 456 Å². The Hall–Kier alpha value is -2.11. The summed E-state index contributed by atoms with van der Waals surface area (Å²) in [6.07, 6.45) is 67.5. The van der Waals surface area contributed by atoms with E-state index in [1.54, 1.807) is 6.08 Å². The summed E-state index contributed by atoms with van der Waals surface area (Å²) in [5.74, 6) is -0.184. The Morgan fingerprint density at radius 1 is 0.459 bits per heavy atom. The molecule has 0 radical (unpaired) electrons. The van der Waals surface area contributed by atoms with Crippen molar-refractivity contribution in [3.63, 3.8) is 0 Å². The molecule has 432 valence electrons. The van der Waals surface area contributed by atoms with Gasteiger partial charge in [0.05, 0.1) is 25.4 Å². The van der Waals surface area contributed by atoms with E-state index >= 15 is 0 Å². The highest BCUT2D eigenvalue weighted by atomic mass is 16.7. The molecule has 1 saturated heterocycles. The van der Waals surface area contributed by atoms with Crippen molar-refractivity contribution in [3.05, 3.63) is 60.8 Å². The van der Waals surface area contributed by atoms with Gasteiger partial charge in [-0.1, -0.05) is 274 Å². The molecule has 1 aliphatic heterocycles. The second-order valence-corrected chi connectivity index (χ2v) is 21.8. The van der Waals surface area contributed by atoms with E-state index in [4.69, 9.17) is 9.47 Å². The number of carbonyl (C=O) groups excluding carboxylic acids is 1. The molecule has 0 spiro atoms. The fourth-order valence-electron chi connectivity index (χ4n) is 9.83. The standard InChI is InChI=1S/C65H119NO8/c1-3-5-7-9-11-13-15-17-19-20-21-22-23-24-25-26-27-28-29-30-31-32-33-34-35-36-37-38-39-40-41-43-45-47-49-51-53-55-61(69)66-58(57-73-65-64(72)63(71)62(70)60(56-67)74-65)59(68)54-52-50-48-46-44-42-18-16-14-12-10-8-6-4-2/h15,17,20-21,23-24,44,46,52,54,58-60,62-65,67-68,70-72H,3-14,16,18-19,22,25-43,45,47-51,53,55-57H2,1-2H3,(H,66,69)/b17-15-,21-20-,24-23-,46-44+,54-52+. The van der Waals surface area contributed by atoms with Crippen LogP contribution in [0.5, 0.6) is 0 Å². The SMILES string of the molecule is CCCCCCC/C=C\C/C=C\C/C=C\CCCCCCCCCCCCCCCCCCCCCCCCC(=O)NC(COC1OC(CO)C(O)C(O)C1O)C(O)/C=C/CC/C=C/CCCCCCCCCC. The highest BCUT2D eigenvalue weighted by molar-refractivity contribution is 5.76. The molecular formula is C65H119NO8. The molecule has 7 atom stereocenters. The molecule has 1 amide bonds. The normalized spacial score (nSPS) is 19.4. The molecule has 0 aliphatic carbocycles. The van der Waals surface area contributed by atoms with Crippen molar-refractivity contribution in [1.82, 2.24) is 5.32 Å². The van der Waals surface area contributed by atoms with Gasteiger partial charge in [-0.3, -0.25) is 4.79 Å². The van der Waals surface area contributed by atoms with E-state index in [1.165, 1.54) is 218 Å². The monoisotopic (exact) mass is 1040 g/mol. The number of hydrogen-bond acceptors (Lipinski definition) is 8. The molecule has 74 heavy (non-hydrogen) atoms. The number of allylic oxidation sites excluding steroid dienone is 9. The van der Waals surface area contributed by atoms with Gasteiger partial charge in [0.25, 0.3) is 0 Å². The van der Waals surface area contributed by atoms with Crippen molar-refractivity contribution in [2.75, 3.05) is 13.2 Å². The van der Waals surface area contributed by atoms with Crippen molar-refractivity contribution in [2.45, 2.75) is 333 Å². The predicted octanol–water partition coefficient (Wildman–Crippen LogP) is 16.2. The zero-order chi connectivity index (χ0) is 53.6. The molecule has 1 heterocycles. The van der Waals surface area contributed by atoms with Gasteiger partial charge in [-0.2, -0.15) is 0 Å². The van der Waals surface area contributed by atoms with E-state index in [-0.39, 0.29) is 12.5 Å². The lowest BCUT2D eigenvalue weighted by Gasteiger charge is -2.40. The average Bonchev–Trinajstić information content (AvgIpc) is 3.40. The number of hydrogen-bond donors (Lipinski definition) is 6. The van der Waals surface area contributed by atoms with Crippen LogP contribution in [0, 0.1) is 0 Å². The van der Waals surface area contributed by atoms with Gasteiger partial charge in [-0.15, -0.1) is 0 Å². The number of unbranched alkanes of at least 4 members (excludes halogenated alkanes) is 36. The second-order valence-electron chi connectivity index (χ2n) is 21.8. The number of nitrogens with one attached hydrogen (secondary N) is 1. The topological polar surface area (TPSA) is 149 Å². The summed E-state index contributed by atoms with van der Waals surface area (Å²) in [5.41, 5.74) is 0. The van der Waals surface area contributed by atoms with Crippen LogP contribution in [0.1, 0.15) is 290 Å². The molecule has 0 aromatic carbocycles. The zero-order valence-electron chi connectivity index (χ0n) is 48.1. The van der Waals surface area contributed by atoms with Crippen LogP contribution in [-0.2, 0) is 14.3 Å². The molecular weight excluding hydrogens is 923 g/mol. The van der Waals surface area contributed by atoms with Crippen molar-refractivity contribution in [2.24, 2.45) is 0 Å². The molecule has 9 heteroatoms. The minimum absolute atomic E-state index is 0.184. The molecule has 0 bridgehead atoms. The number of ether oxygens (including phenoxy) is 2. The van der Waals surface area contributed by atoms with E-state index in [2.05, 4.69) is 67.8 Å². The van der Waals surface area contributed by atoms with Crippen LogP contribution < -0.4 is 5.32 Å². The first-order chi connectivity index (χ1) is 36.3. The minimum atomic E-state index is -1.57. The van der Waals surface area contributed by atoms with Gasteiger partial charge in [0.15, 0.2) is 6.29 Å². The predicted molar refractivity (Wildman–Crippen MR) is 313 cm³/mol. The van der Waals surface area contributed by atoms with E-state index < -0.39 is 49.5 Å². The third-order valence-corrected chi connectivity index (χ3v) is 14.8. The lowest BCUT2D eigenvalue weighted by molar-refractivity contribution is -0.302. The first kappa shape index (κ1) is 69.9. The first-order valence-corrected chi connectivity index (χ1v) is 31.5. The van der Waals surface area contributed by atoms with Crippen LogP contribution in [0.15, 0.2) is 60.8 Å². The van der Waals surface area contributed by atoms with E-state index in [1.807, 2.05) is 6.08 Å². The Balaban J connectivity index is 2.08. The fraction of sp³-hybridized carbons (Fsp3) is 0.831. The quantitative estimate of drug-likeness (QED) is 0.0261. The highest BCUT2D eigenvalue weighted by Gasteiger charge is 2.44. The van der Waals surface area contributed by atoms with Crippen molar-refractivity contribution >= 4 is 5.91 Å². The molecule has 0 aromatic rings. The summed E-state index contributed by atoms with van der Waals surface area (Å²) < 4.78 is 11.3. The molecule has 1 aliphatic rings. The smallest absolute Gasteiger partial charge is 0.220 e. The summed E-state index contributed by atoms with van der Waals surface area (Å²) in [6.45, 7) is 3.76. The first-order valence-electron chi connectivity index (χ1n) is 31.5. The number of rotatable bonds is 54. The average molecular weight is 1040 g/mol. The van der Waals surface area contributed by atoms with Crippen molar-refractivity contribution in [3.8, 4) is 0 Å². The number of aliphatic hydroxyl groups excluding tert-OH is 5. The van der Waals surface area contributed by atoms with Crippen LogP contribution in [-0.4, -0.2) is 87.5 Å². The summed E-state index contributed by atoms with van der Waals surface area (Å²) >= 11 is 0. The van der Waals surface area contributed by atoms with Gasteiger partial charge in [0.1, 0.15) is 24.4 Å². The van der Waals surface area contributed by atoms with Crippen LogP contribution in [0.25, 0.3) is 0 Å². The lowest BCUT2D eigenvalue weighted by atomic mass is 9.99. The van der Waals surface area contributed by atoms with Crippen LogP contribution in [0.2, 0.25) is 0 Å². The second kappa shape index (κ2) is 54.3. The largest absolute Gasteiger partial charge is 0.394 e. The summed E-state index contributed by atoms with van der Waals surface area (Å²) in [6, 6.07) is -0.821. The van der Waals surface area contributed by atoms with E-state index in [0.717, 1.165) is 51.4 Å². The summed E-state index contributed by atoms with van der Waals surface area (Å²) in [4.78, 5) is 13.1. The van der Waals surface area contributed by atoms with E-state index in [0.29, 0.717) is 6.42 Å². The Morgan fingerprint density at radius 2 is 0.811 bits per heavy atom. The van der Waals surface area contributed by atoms with Gasteiger partial charge in [0, 0.05) is 6.42 Å². The van der Waals surface area contributed by atoms with Gasteiger partial charge in [-0.25, -0.2) is 0 Å². The Morgan fingerprint density at radius 3 is 1.23 bits per heavy atom. The lowest BCUT2D eigenvalue weighted by Crippen LogP contribution is -2.60. The molecule has 1 rings (SSSR count). The Bertz CT molecular complexity index is 1350. The number of amides is 1. The molecule has 0 saturated carbocycles. The molecule has 1 fully saturated rings. The number of carbonyl (C=O) groups is 1. The van der Waals surface area contributed by atoms with Gasteiger partial charge >= 0.3 is 0 Å². The van der Waals surface area contributed by atoms with E-state index in [9.17, 15) is 30.3 Å². The molecule has 6 N–H and O–H groups in total. The maximum Gasteiger partial charge on any atom is 0.220 e. The number of aliphatic hydroxyl groups is 5. The van der Waals surface area contributed by atoms with Crippen LogP contribution in [0.3, 0.4) is 0 Å². The van der Waals surface area contributed by atoms with Crippen molar-refractivity contribution < 1.29 is 39.8 Å². The molecule has 0 aromatic heterocycles. The zero-order valence-corrected chi connectivity index (χ0v) is 48.1. The maximum atomic E-state index is 13.1. The molecule has 9 nitrogen and oxygen atoms in total. The van der Waals surface area contributed by atoms with Crippen LogP contribution >= 0.6 is 0 Å². The third kappa shape index (κ3) is 42.9.